The number of hydrogen-bond donors (Lipinski definition) is 2. The van der Waals surface area contributed by atoms with Crippen LogP contribution in [-0.4, -0.2) is 29.7 Å². The molecule has 0 bridgehead atoms. The van der Waals surface area contributed by atoms with Gasteiger partial charge in [0.1, 0.15) is 5.82 Å². The molecule has 0 saturated heterocycles. The zero-order valence-electron chi connectivity index (χ0n) is 15.7. The van der Waals surface area contributed by atoms with Crippen molar-refractivity contribution >= 4 is 29.9 Å². The first kappa shape index (κ1) is 22.3. The maximum atomic E-state index is 13.3. The van der Waals surface area contributed by atoms with Crippen molar-refractivity contribution in [1.82, 2.24) is 20.8 Å². The lowest BCUT2D eigenvalue weighted by atomic mass is 10.1. The van der Waals surface area contributed by atoms with Gasteiger partial charge in [0, 0.05) is 32.5 Å². The quantitative estimate of drug-likeness (QED) is 0.277. The highest BCUT2D eigenvalue weighted by Crippen LogP contribution is 2.10. The van der Waals surface area contributed by atoms with Crippen molar-refractivity contribution in [2.75, 3.05) is 13.6 Å². The van der Waals surface area contributed by atoms with Crippen molar-refractivity contribution in [3.8, 4) is 0 Å². The Morgan fingerprint density at radius 2 is 2.08 bits per heavy atom. The van der Waals surface area contributed by atoms with E-state index in [1.54, 1.807) is 20.0 Å². The predicted molar refractivity (Wildman–Crippen MR) is 111 cm³/mol. The van der Waals surface area contributed by atoms with Crippen LogP contribution in [0.5, 0.6) is 0 Å². The van der Waals surface area contributed by atoms with E-state index in [1.807, 2.05) is 19.9 Å². The fourth-order valence-electron chi connectivity index (χ4n) is 2.27. The highest BCUT2D eigenvalue weighted by atomic mass is 127. The SMILES string of the molecule is CN=C(NCCCc1nc(C(C)C)no1)NCc1ccc(F)c(C)c1.I. The molecule has 0 unspecified atom stereocenters. The van der Waals surface area contributed by atoms with Crippen molar-refractivity contribution in [2.24, 2.45) is 4.99 Å². The number of rotatable bonds is 7. The second-order valence-electron chi connectivity index (χ2n) is 6.24. The highest BCUT2D eigenvalue weighted by molar-refractivity contribution is 14.0. The third kappa shape index (κ3) is 6.89. The van der Waals surface area contributed by atoms with Gasteiger partial charge in [0.15, 0.2) is 11.8 Å². The van der Waals surface area contributed by atoms with Crippen LogP contribution in [0, 0.1) is 12.7 Å². The second kappa shape index (κ2) is 11.1. The Morgan fingerprint density at radius 3 is 2.69 bits per heavy atom. The molecule has 0 amide bonds. The molecule has 0 atom stereocenters. The number of aryl methyl sites for hydroxylation is 2. The van der Waals surface area contributed by atoms with Gasteiger partial charge >= 0.3 is 0 Å². The van der Waals surface area contributed by atoms with Gasteiger partial charge in [-0.15, -0.1) is 24.0 Å². The summed E-state index contributed by atoms with van der Waals surface area (Å²) in [6, 6.07) is 5.08. The van der Waals surface area contributed by atoms with E-state index in [2.05, 4.69) is 25.8 Å². The van der Waals surface area contributed by atoms with Crippen molar-refractivity contribution in [3.63, 3.8) is 0 Å². The Bertz CT molecular complexity index is 717. The summed E-state index contributed by atoms with van der Waals surface area (Å²) in [6.07, 6.45) is 1.58. The van der Waals surface area contributed by atoms with Crippen molar-refractivity contribution in [3.05, 3.63) is 46.9 Å². The Morgan fingerprint density at radius 1 is 1.31 bits per heavy atom. The average Bonchev–Trinajstić information content (AvgIpc) is 3.06. The average molecular weight is 475 g/mol. The van der Waals surface area contributed by atoms with Crippen LogP contribution in [0.2, 0.25) is 0 Å². The molecular formula is C18H27FIN5O. The van der Waals surface area contributed by atoms with Gasteiger partial charge in [-0.05, 0) is 30.5 Å². The summed E-state index contributed by atoms with van der Waals surface area (Å²) in [7, 11) is 1.72. The van der Waals surface area contributed by atoms with Crippen LogP contribution in [0.15, 0.2) is 27.7 Å². The lowest BCUT2D eigenvalue weighted by molar-refractivity contribution is 0.368. The number of nitrogens with one attached hydrogen (secondary N) is 2. The Labute approximate surface area is 171 Å². The number of halogens is 2. The molecule has 0 aliphatic carbocycles. The summed E-state index contributed by atoms with van der Waals surface area (Å²) < 4.78 is 18.5. The Kier molecular flexibility index (Phi) is 9.53. The van der Waals surface area contributed by atoms with Gasteiger partial charge in [0.2, 0.25) is 5.89 Å². The Hall–Kier alpha value is -1.71. The van der Waals surface area contributed by atoms with Crippen molar-refractivity contribution < 1.29 is 8.91 Å². The smallest absolute Gasteiger partial charge is 0.226 e. The van der Waals surface area contributed by atoms with Gasteiger partial charge in [0.25, 0.3) is 0 Å². The molecule has 1 heterocycles. The topological polar surface area (TPSA) is 75.3 Å². The molecule has 6 nitrogen and oxygen atoms in total. The third-order valence-corrected chi connectivity index (χ3v) is 3.77. The molecule has 2 aromatic rings. The fourth-order valence-corrected chi connectivity index (χ4v) is 2.27. The first-order valence-corrected chi connectivity index (χ1v) is 8.51. The standard InChI is InChI=1S/C18H26FN5O.HI/c1-12(2)17-23-16(25-24-17)6-5-9-21-18(20-4)22-11-14-7-8-15(19)13(3)10-14;/h7-8,10,12H,5-6,9,11H2,1-4H3,(H2,20,21,22);1H. The maximum absolute atomic E-state index is 13.3. The zero-order valence-corrected chi connectivity index (χ0v) is 18.0. The number of aliphatic imine (C=N–C) groups is 1. The predicted octanol–water partition coefficient (Wildman–Crippen LogP) is 3.56. The molecular weight excluding hydrogens is 448 g/mol. The maximum Gasteiger partial charge on any atom is 0.226 e. The molecule has 0 radical (unpaired) electrons. The lowest BCUT2D eigenvalue weighted by Gasteiger charge is -2.12. The molecule has 1 aromatic carbocycles. The molecule has 8 heteroatoms. The molecule has 26 heavy (non-hydrogen) atoms. The molecule has 0 aliphatic rings. The van der Waals surface area contributed by atoms with Crippen LogP contribution >= 0.6 is 24.0 Å². The minimum absolute atomic E-state index is 0. The number of hydrogen-bond acceptors (Lipinski definition) is 4. The van der Waals surface area contributed by atoms with Gasteiger partial charge < -0.3 is 15.2 Å². The summed E-state index contributed by atoms with van der Waals surface area (Å²) in [5.74, 6) is 2.20. The van der Waals surface area contributed by atoms with Gasteiger partial charge in [-0.3, -0.25) is 4.99 Å². The monoisotopic (exact) mass is 475 g/mol. The van der Waals surface area contributed by atoms with Gasteiger partial charge in [-0.1, -0.05) is 31.1 Å². The highest BCUT2D eigenvalue weighted by Gasteiger charge is 2.09. The first-order valence-electron chi connectivity index (χ1n) is 8.51. The molecule has 0 aliphatic heterocycles. The summed E-state index contributed by atoms with van der Waals surface area (Å²) in [5, 5.41) is 10.4. The Balaban J connectivity index is 0.00000338. The van der Waals surface area contributed by atoms with Crippen LogP contribution in [0.3, 0.4) is 0 Å². The van der Waals surface area contributed by atoms with Gasteiger partial charge in [-0.2, -0.15) is 4.98 Å². The molecule has 1 aromatic heterocycles. The van der Waals surface area contributed by atoms with Crippen molar-refractivity contribution in [2.45, 2.75) is 46.1 Å². The lowest BCUT2D eigenvalue weighted by Crippen LogP contribution is -2.37. The summed E-state index contributed by atoms with van der Waals surface area (Å²) >= 11 is 0. The van der Waals surface area contributed by atoms with Crippen LogP contribution in [0.1, 0.15) is 49.0 Å². The van der Waals surface area contributed by atoms with Gasteiger partial charge in [0.05, 0.1) is 0 Å². The number of guanidine groups is 1. The molecule has 0 spiro atoms. The third-order valence-electron chi connectivity index (χ3n) is 3.77. The van der Waals surface area contributed by atoms with E-state index >= 15 is 0 Å². The minimum atomic E-state index is -0.187. The fraction of sp³-hybridized carbons (Fsp3) is 0.500. The zero-order chi connectivity index (χ0) is 18.2. The van der Waals surface area contributed by atoms with Crippen LogP contribution in [0.25, 0.3) is 0 Å². The van der Waals surface area contributed by atoms with Crippen molar-refractivity contribution in [1.29, 1.82) is 0 Å². The van der Waals surface area contributed by atoms with Crippen LogP contribution < -0.4 is 10.6 Å². The molecule has 2 N–H and O–H groups in total. The van der Waals surface area contributed by atoms with E-state index in [-0.39, 0.29) is 35.7 Å². The minimum Gasteiger partial charge on any atom is -0.356 e. The van der Waals surface area contributed by atoms with E-state index < -0.39 is 0 Å². The van der Waals surface area contributed by atoms with E-state index in [4.69, 9.17) is 4.52 Å². The molecule has 0 fully saturated rings. The number of benzene rings is 1. The van der Waals surface area contributed by atoms with E-state index in [9.17, 15) is 4.39 Å². The van der Waals surface area contributed by atoms with Gasteiger partial charge in [-0.25, -0.2) is 4.39 Å². The first-order chi connectivity index (χ1) is 12.0. The number of nitrogens with zero attached hydrogens (tertiary/aromatic N) is 3. The van der Waals surface area contributed by atoms with E-state index in [1.165, 1.54) is 6.07 Å². The number of aromatic nitrogens is 2. The molecule has 0 saturated carbocycles. The molecule has 144 valence electrons. The summed E-state index contributed by atoms with van der Waals surface area (Å²) in [6.45, 7) is 7.15. The second-order valence-corrected chi connectivity index (χ2v) is 6.24. The largest absolute Gasteiger partial charge is 0.356 e. The van der Waals surface area contributed by atoms with Crippen LogP contribution in [-0.2, 0) is 13.0 Å². The molecule has 2 rings (SSSR count). The van der Waals surface area contributed by atoms with Crippen LogP contribution in [0.4, 0.5) is 4.39 Å². The normalized spacial score (nSPS) is 11.4. The summed E-state index contributed by atoms with van der Waals surface area (Å²) in [5.41, 5.74) is 1.65. The summed E-state index contributed by atoms with van der Waals surface area (Å²) in [4.78, 5) is 8.54. The van der Waals surface area contributed by atoms with E-state index in [0.29, 0.717) is 24.0 Å². The van der Waals surface area contributed by atoms with E-state index in [0.717, 1.165) is 30.8 Å².